The number of hydrogen-bond donors (Lipinski definition) is 1. The van der Waals surface area contributed by atoms with Crippen molar-refractivity contribution in [3.63, 3.8) is 0 Å². The van der Waals surface area contributed by atoms with E-state index in [0.29, 0.717) is 18.5 Å². The summed E-state index contributed by atoms with van der Waals surface area (Å²) in [5, 5.41) is 3.53. The topological polar surface area (TPSA) is 64.0 Å². The molecule has 1 N–H and O–H groups in total. The molecule has 2 heterocycles. The van der Waals surface area contributed by atoms with Crippen molar-refractivity contribution in [2.75, 3.05) is 12.3 Å². The van der Waals surface area contributed by atoms with Gasteiger partial charge >= 0.3 is 0 Å². The number of carbonyl (C=O) groups excluding carboxylic acids is 1. The van der Waals surface area contributed by atoms with Gasteiger partial charge in [-0.1, -0.05) is 0 Å². The second kappa shape index (κ2) is 9.34. The number of hydrogen-bond acceptors (Lipinski definition) is 5. The third-order valence-corrected chi connectivity index (χ3v) is 6.67. The van der Waals surface area contributed by atoms with E-state index in [9.17, 15) is 14.0 Å². The Morgan fingerprint density at radius 1 is 1.29 bits per heavy atom. The third kappa shape index (κ3) is 4.99. The maximum atomic E-state index is 12.9. The lowest BCUT2D eigenvalue weighted by Gasteiger charge is -2.07. The molecule has 0 spiro atoms. The Hall–Kier alpha value is -2.19. The van der Waals surface area contributed by atoms with Crippen molar-refractivity contribution in [1.29, 1.82) is 0 Å². The molecule has 0 saturated heterocycles. The van der Waals surface area contributed by atoms with Gasteiger partial charge in [0.25, 0.3) is 5.56 Å². The van der Waals surface area contributed by atoms with Crippen LogP contribution >= 0.6 is 23.1 Å². The van der Waals surface area contributed by atoms with Crippen molar-refractivity contribution in [3.8, 4) is 0 Å². The second-order valence-electron chi connectivity index (χ2n) is 6.46. The average Bonchev–Trinajstić information content (AvgIpc) is 2.97. The van der Waals surface area contributed by atoms with Crippen LogP contribution in [0.3, 0.4) is 0 Å². The van der Waals surface area contributed by atoms with Gasteiger partial charge in [-0.2, -0.15) is 0 Å². The minimum Gasteiger partial charge on any atom is -0.356 e. The Labute approximate surface area is 171 Å². The van der Waals surface area contributed by atoms with Crippen molar-refractivity contribution in [2.24, 2.45) is 0 Å². The second-order valence-corrected chi connectivity index (χ2v) is 8.83. The summed E-state index contributed by atoms with van der Waals surface area (Å²) < 4.78 is 14.4. The number of nitrogens with one attached hydrogen (secondary N) is 1. The number of fused-ring (bicyclic) bond motifs is 1. The molecule has 0 fully saturated rings. The predicted octanol–water partition coefficient (Wildman–Crippen LogP) is 3.90. The van der Waals surface area contributed by atoms with Crippen molar-refractivity contribution in [3.05, 3.63) is 57.2 Å². The first kappa shape index (κ1) is 20.5. The van der Waals surface area contributed by atoms with Crippen LogP contribution in [0.5, 0.6) is 0 Å². The number of thioether (sulfide) groups is 1. The molecule has 5 nitrogen and oxygen atoms in total. The lowest BCUT2D eigenvalue weighted by molar-refractivity contribution is -0.121. The molecule has 28 heavy (non-hydrogen) atoms. The number of nitrogens with zero attached hydrogens (tertiary/aromatic N) is 2. The largest absolute Gasteiger partial charge is 0.356 e. The molecule has 8 heteroatoms. The van der Waals surface area contributed by atoms with Gasteiger partial charge in [-0.15, -0.1) is 23.1 Å². The predicted molar refractivity (Wildman–Crippen MR) is 113 cm³/mol. The van der Waals surface area contributed by atoms with E-state index < -0.39 is 0 Å². The Balaban J connectivity index is 1.42. The Bertz CT molecular complexity index is 1030. The highest BCUT2D eigenvalue weighted by atomic mass is 32.2. The number of aromatic nitrogens is 2. The van der Waals surface area contributed by atoms with Crippen LogP contribution in [0, 0.1) is 19.7 Å². The molecule has 3 aromatic rings. The highest BCUT2D eigenvalue weighted by Gasteiger charge is 2.12. The molecule has 1 aromatic carbocycles. The van der Waals surface area contributed by atoms with Crippen LogP contribution in [0.2, 0.25) is 0 Å². The highest BCUT2D eigenvalue weighted by molar-refractivity contribution is 7.99. The van der Waals surface area contributed by atoms with Gasteiger partial charge in [0.05, 0.1) is 11.7 Å². The molecule has 0 bridgehead atoms. The van der Waals surface area contributed by atoms with Gasteiger partial charge in [0.2, 0.25) is 5.91 Å². The summed E-state index contributed by atoms with van der Waals surface area (Å²) in [6.45, 7) is 4.79. The zero-order chi connectivity index (χ0) is 20.1. The summed E-state index contributed by atoms with van der Waals surface area (Å²) in [5.74, 6) is 0.509. The molecule has 1 amide bonds. The van der Waals surface area contributed by atoms with Crippen LogP contribution in [-0.4, -0.2) is 27.8 Å². The fourth-order valence-corrected chi connectivity index (χ4v) is 4.60. The van der Waals surface area contributed by atoms with Crippen molar-refractivity contribution in [2.45, 2.75) is 38.1 Å². The Morgan fingerprint density at radius 3 is 2.79 bits per heavy atom. The summed E-state index contributed by atoms with van der Waals surface area (Å²) in [4.78, 5) is 31.8. The summed E-state index contributed by atoms with van der Waals surface area (Å²) >= 11 is 3.14. The van der Waals surface area contributed by atoms with Gasteiger partial charge in [0.15, 0.2) is 0 Å². The fraction of sp³-hybridized carbons (Fsp3) is 0.350. The first-order valence-electron chi connectivity index (χ1n) is 9.06. The maximum absolute atomic E-state index is 12.9. The quantitative estimate of drug-likeness (QED) is 0.444. The van der Waals surface area contributed by atoms with Crippen LogP contribution in [0.1, 0.15) is 23.3 Å². The lowest BCUT2D eigenvalue weighted by atomic mass is 10.2. The zero-order valence-corrected chi connectivity index (χ0v) is 17.5. The molecule has 0 atom stereocenters. The first-order chi connectivity index (χ1) is 13.5. The standard InChI is InChI=1S/C20H22FN3O2S2/c1-13-14(2)28-19-18(13)20(26)24(12-23-19)10-8-17(25)22-9-3-11-27-16-6-4-15(21)5-7-16/h4-7,12H,3,8-11H2,1-2H3,(H,22,25). The molecule has 0 unspecified atom stereocenters. The van der Waals surface area contributed by atoms with Gasteiger partial charge in [-0.05, 0) is 55.9 Å². The molecular formula is C20H22FN3O2S2. The molecular weight excluding hydrogens is 397 g/mol. The minimum atomic E-state index is -0.241. The molecule has 0 aliphatic heterocycles. The molecule has 2 aromatic heterocycles. The summed E-state index contributed by atoms with van der Waals surface area (Å²) in [5.41, 5.74) is 0.880. The van der Waals surface area contributed by atoms with E-state index in [1.165, 1.54) is 34.4 Å². The maximum Gasteiger partial charge on any atom is 0.262 e. The summed E-state index contributed by atoms with van der Waals surface area (Å²) in [6.07, 6.45) is 2.57. The van der Waals surface area contributed by atoms with Gasteiger partial charge in [-0.3, -0.25) is 14.2 Å². The molecule has 0 radical (unpaired) electrons. The van der Waals surface area contributed by atoms with E-state index in [2.05, 4.69) is 10.3 Å². The molecule has 0 aliphatic rings. The summed E-state index contributed by atoms with van der Waals surface area (Å²) in [7, 11) is 0. The van der Waals surface area contributed by atoms with E-state index in [4.69, 9.17) is 0 Å². The third-order valence-electron chi connectivity index (χ3n) is 4.46. The zero-order valence-electron chi connectivity index (χ0n) is 15.8. The number of benzene rings is 1. The highest BCUT2D eigenvalue weighted by Crippen LogP contribution is 2.25. The van der Waals surface area contributed by atoms with Gasteiger partial charge in [0, 0.05) is 29.3 Å². The van der Waals surface area contributed by atoms with Crippen LogP contribution in [0.15, 0.2) is 40.3 Å². The van der Waals surface area contributed by atoms with Gasteiger partial charge in [-0.25, -0.2) is 9.37 Å². The van der Waals surface area contributed by atoms with Crippen LogP contribution in [-0.2, 0) is 11.3 Å². The van der Waals surface area contributed by atoms with Crippen molar-refractivity contribution < 1.29 is 9.18 Å². The normalized spacial score (nSPS) is 11.1. The minimum absolute atomic E-state index is 0.0861. The smallest absolute Gasteiger partial charge is 0.262 e. The molecule has 0 saturated carbocycles. The van der Waals surface area contributed by atoms with E-state index >= 15 is 0 Å². The van der Waals surface area contributed by atoms with E-state index in [1.807, 2.05) is 13.8 Å². The average molecular weight is 420 g/mol. The van der Waals surface area contributed by atoms with E-state index in [-0.39, 0.29) is 23.7 Å². The Morgan fingerprint density at radius 2 is 2.04 bits per heavy atom. The number of halogens is 1. The SMILES string of the molecule is Cc1sc2ncn(CCC(=O)NCCCSc3ccc(F)cc3)c(=O)c2c1C. The lowest BCUT2D eigenvalue weighted by Crippen LogP contribution is -2.28. The van der Waals surface area contributed by atoms with Crippen molar-refractivity contribution >= 4 is 39.2 Å². The van der Waals surface area contributed by atoms with Gasteiger partial charge < -0.3 is 5.32 Å². The number of carbonyl (C=O) groups is 1. The van der Waals surface area contributed by atoms with Crippen molar-refractivity contribution in [1.82, 2.24) is 14.9 Å². The number of aryl methyl sites for hydroxylation is 3. The molecule has 3 rings (SSSR count). The van der Waals surface area contributed by atoms with Crippen LogP contribution in [0.4, 0.5) is 4.39 Å². The first-order valence-corrected chi connectivity index (χ1v) is 10.9. The molecule has 0 aliphatic carbocycles. The van der Waals surface area contributed by atoms with Crippen LogP contribution < -0.4 is 10.9 Å². The number of rotatable bonds is 8. The van der Waals surface area contributed by atoms with E-state index in [0.717, 1.165) is 32.3 Å². The molecule has 148 valence electrons. The van der Waals surface area contributed by atoms with E-state index in [1.54, 1.807) is 23.9 Å². The fourth-order valence-electron chi connectivity index (χ4n) is 2.76. The summed E-state index contributed by atoms with van der Waals surface area (Å²) in [6, 6.07) is 6.38. The number of thiophene rings is 1. The van der Waals surface area contributed by atoms with Gasteiger partial charge in [0.1, 0.15) is 10.6 Å². The van der Waals surface area contributed by atoms with Crippen LogP contribution in [0.25, 0.3) is 10.2 Å². The Kier molecular flexibility index (Phi) is 6.85. The number of amides is 1. The monoisotopic (exact) mass is 419 g/mol.